The molecule has 124 valence electrons. The lowest BCUT2D eigenvalue weighted by molar-refractivity contribution is -0.131. The zero-order valence-corrected chi connectivity index (χ0v) is 13.7. The monoisotopic (exact) mass is 344 g/mol. The summed E-state index contributed by atoms with van der Waals surface area (Å²) < 4.78 is 11.1. The second-order valence-electron chi connectivity index (χ2n) is 5.72. The van der Waals surface area contributed by atoms with E-state index < -0.39 is 12.0 Å². The molecule has 0 spiro atoms. The van der Waals surface area contributed by atoms with Crippen LogP contribution in [0.4, 0.5) is 0 Å². The van der Waals surface area contributed by atoms with Crippen LogP contribution in [0, 0.1) is 0 Å². The van der Waals surface area contributed by atoms with E-state index in [2.05, 4.69) is 10.9 Å². The van der Waals surface area contributed by atoms with Gasteiger partial charge in [-0.2, -0.15) is 0 Å². The topological polar surface area (TPSA) is 76.7 Å². The number of hydrogen-bond acceptors (Lipinski definition) is 5. The zero-order valence-electron chi connectivity index (χ0n) is 12.8. The average Bonchev–Trinajstić information content (AvgIpc) is 3.21. The summed E-state index contributed by atoms with van der Waals surface area (Å²) in [5, 5.41) is 0. The van der Waals surface area contributed by atoms with Crippen LogP contribution in [0.3, 0.4) is 0 Å². The summed E-state index contributed by atoms with van der Waals surface area (Å²) in [5.74, 6) is 0.380. The molecule has 7 heteroatoms. The first-order valence-electron chi connectivity index (χ1n) is 7.81. The van der Waals surface area contributed by atoms with Gasteiger partial charge in [0.25, 0.3) is 11.8 Å². The van der Waals surface area contributed by atoms with Crippen molar-refractivity contribution in [2.45, 2.75) is 25.4 Å². The van der Waals surface area contributed by atoms with E-state index >= 15 is 0 Å². The first-order chi connectivity index (χ1) is 11.7. The molecule has 0 fully saturated rings. The maximum absolute atomic E-state index is 12.2. The van der Waals surface area contributed by atoms with Gasteiger partial charge in [-0.3, -0.25) is 20.4 Å². The predicted molar refractivity (Wildman–Crippen MR) is 88.3 cm³/mol. The Labute approximate surface area is 142 Å². The summed E-state index contributed by atoms with van der Waals surface area (Å²) in [7, 11) is 0. The third-order valence-electron chi connectivity index (χ3n) is 4.07. The zero-order chi connectivity index (χ0) is 16.5. The molecule has 2 heterocycles. The highest BCUT2D eigenvalue weighted by molar-refractivity contribution is 7.14. The summed E-state index contributed by atoms with van der Waals surface area (Å²) in [6.07, 6.45) is 2.42. The number of thiophene rings is 1. The lowest BCUT2D eigenvalue weighted by Crippen LogP contribution is -2.50. The molecule has 0 bridgehead atoms. The fourth-order valence-corrected chi connectivity index (χ4v) is 4.00. The van der Waals surface area contributed by atoms with Gasteiger partial charge in [-0.05, 0) is 43.0 Å². The lowest BCUT2D eigenvalue weighted by Gasteiger charge is -2.25. The Balaban J connectivity index is 1.34. The van der Waals surface area contributed by atoms with Crippen LogP contribution in [0.1, 0.15) is 26.5 Å². The molecule has 1 aliphatic carbocycles. The third-order valence-corrected chi connectivity index (χ3v) is 5.31. The van der Waals surface area contributed by atoms with Crippen molar-refractivity contribution in [2.75, 3.05) is 6.61 Å². The van der Waals surface area contributed by atoms with Crippen LogP contribution in [0.15, 0.2) is 30.3 Å². The van der Waals surface area contributed by atoms with Gasteiger partial charge in [-0.1, -0.05) is 12.1 Å². The summed E-state index contributed by atoms with van der Waals surface area (Å²) >= 11 is 1.49. The van der Waals surface area contributed by atoms with Crippen molar-refractivity contribution in [3.8, 4) is 11.5 Å². The first kappa shape index (κ1) is 15.0. The Bertz CT molecular complexity index is 780. The number of carbonyl (C=O) groups excluding carboxylic acids is 2. The van der Waals surface area contributed by atoms with Gasteiger partial charge in [0.2, 0.25) is 6.10 Å². The first-order valence-corrected chi connectivity index (χ1v) is 8.62. The van der Waals surface area contributed by atoms with Gasteiger partial charge in [0.1, 0.15) is 6.61 Å². The molecule has 0 saturated carbocycles. The van der Waals surface area contributed by atoms with Gasteiger partial charge in [0.05, 0.1) is 4.88 Å². The van der Waals surface area contributed by atoms with Crippen molar-refractivity contribution in [3.63, 3.8) is 0 Å². The number of aryl methyl sites for hydroxylation is 2. The van der Waals surface area contributed by atoms with Crippen molar-refractivity contribution in [1.82, 2.24) is 10.9 Å². The molecule has 2 aromatic rings. The number of hydrazine groups is 1. The summed E-state index contributed by atoms with van der Waals surface area (Å²) in [6, 6.07) is 9.06. The largest absolute Gasteiger partial charge is 0.485 e. The van der Waals surface area contributed by atoms with Gasteiger partial charge in [0, 0.05) is 4.88 Å². The molecule has 2 amide bonds. The van der Waals surface area contributed by atoms with Crippen LogP contribution in [0.25, 0.3) is 0 Å². The van der Waals surface area contributed by atoms with Crippen LogP contribution in [0.5, 0.6) is 11.5 Å². The number of amides is 2. The Morgan fingerprint density at radius 1 is 1.12 bits per heavy atom. The molecule has 0 radical (unpaired) electrons. The SMILES string of the molecule is O=C(NNC(=O)C1COc2ccccc2O1)c1cc2c(s1)CCC2. The molecule has 1 aromatic heterocycles. The number of ether oxygens (including phenoxy) is 2. The molecule has 1 unspecified atom stereocenters. The molecule has 1 aromatic carbocycles. The Morgan fingerprint density at radius 2 is 1.96 bits per heavy atom. The normalized spacial score (nSPS) is 17.9. The fraction of sp³-hybridized carbons (Fsp3) is 0.294. The summed E-state index contributed by atoms with van der Waals surface area (Å²) in [4.78, 5) is 26.2. The maximum Gasteiger partial charge on any atom is 0.283 e. The highest BCUT2D eigenvalue weighted by atomic mass is 32.1. The lowest BCUT2D eigenvalue weighted by atomic mass is 10.2. The number of benzene rings is 1. The highest BCUT2D eigenvalue weighted by Gasteiger charge is 2.28. The average molecular weight is 344 g/mol. The van der Waals surface area contributed by atoms with Crippen LogP contribution in [-0.4, -0.2) is 24.5 Å². The second-order valence-corrected chi connectivity index (χ2v) is 6.86. The van der Waals surface area contributed by atoms with Crippen molar-refractivity contribution < 1.29 is 19.1 Å². The standard InChI is InChI=1S/C17H16N2O4S/c20-16(13-9-22-11-5-1-2-6-12(11)23-13)18-19-17(21)15-8-10-4-3-7-14(10)24-15/h1-2,5-6,8,13H,3-4,7,9H2,(H,18,20)(H,19,21). The van der Waals surface area contributed by atoms with E-state index in [1.165, 1.54) is 21.8 Å². The van der Waals surface area contributed by atoms with E-state index in [-0.39, 0.29) is 12.5 Å². The molecular formula is C17H16N2O4S. The van der Waals surface area contributed by atoms with Gasteiger partial charge >= 0.3 is 0 Å². The molecule has 6 nitrogen and oxygen atoms in total. The van der Waals surface area contributed by atoms with Crippen molar-refractivity contribution in [2.24, 2.45) is 0 Å². The van der Waals surface area contributed by atoms with Gasteiger partial charge in [0.15, 0.2) is 11.5 Å². The van der Waals surface area contributed by atoms with E-state index in [0.717, 1.165) is 19.3 Å². The predicted octanol–water partition coefficient (Wildman–Crippen LogP) is 1.84. The number of fused-ring (bicyclic) bond motifs is 2. The summed E-state index contributed by atoms with van der Waals surface area (Å²) in [5.41, 5.74) is 6.10. The number of hydrogen-bond donors (Lipinski definition) is 2. The molecule has 4 rings (SSSR count). The molecule has 24 heavy (non-hydrogen) atoms. The van der Waals surface area contributed by atoms with Gasteiger partial charge in [-0.15, -0.1) is 11.3 Å². The minimum absolute atomic E-state index is 0.103. The molecule has 1 aliphatic heterocycles. The van der Waals surface area contributed by atoms with E-state index in [4.69, 9.17) is 9.47 Å². The molecule has 1 atom stereocenters. The van der Waals surface area contributed by atoms with Crippen LogP contribution < -0.4 is 20.3 Å². The van der Waals surface area contributed by atoms with Crippen LogP contribution in [-0.2, 0) is 17.6 Å². The van der Waals surface area contributed by atoms with Gasteiger partial charge < -0.3 is 9.47 Å². The number of nitrogens with one attached hydrogen (secondary N) is 2. The minimum atomic E-state index is -0.798. The molecule has 0 saturated heterocycles. The molecule has 2 N–H and O–H groups in total. The number of para-hydroxylation sites is 2. The van der Waals surface area contributed by atoms with Crippen molar-refractivity contribution in [1.29, 1.82) is 0 Å². The quantitative estimate of drug-likeness (QED) is 0.815. The highest BCUT2D eigenvalue weighted by Crippen LogP contribution is 2.31. The smallest absolute Gasteiger partial charge is 0.283 e. The van der Waals surface area contributed by atoms with Gasteiger partial charge in [-0.25, -0.2) is 0 Å². The summed E-state index contributed by atoms with van der Waals surface area (Å²) in [6.45, 7) is 0.103. The number of rotatable bonds is 2. The Morgan fingerprint density at radius 3 is 2.79 bits per heavy atom. The van der Waals surface area contributed by atoms with Crippen molar-refractivity contribution >= 4 is 23.2 Å². The second kappa shape index (κ2) is 6.16. The van der Waals surface area contributed by atoms with E-state index in [9.17, 15) is 9.59 Å². The van der Waals surface area contributed by atoms with E-state index in [1.54, 1.807) is 18.2 Å². The maximum atomic E-state index is 12.2. The number of carbonyl (C=O) groups is 2. The molecular weight excluding hydrogens is 328 g/mol. The molecule has 2 aliphatic rings. The van der Waals surface area contributed by atoms with Crippen LogP contribution in [0.2, 0.25) is 0 Å². The van der Waals surface area contributed by atoms with E-state index in [0.29, 0.717) is 16.4 Å². The Kier molecular flexibility index (Phi) is 3.86. The minimum Gasteiger partial charge on any atom is -0.485 e. The third kappa shape index (κ3) is 2.82. The Hall–Kier alpha value is -2.54. The fourth-order valence-electron chi connectivity index (χ4n) is 2.85. The van der Waals surface area contributed by atoms with E-state index in [1.807, 2.05) is 12.1 Å². The van der Waals surface area contributed by atoms with Crippen molar-refractivity contribution in [3.05, 3.63) is 45.6 Å². The van der Waals surface area contributed by atoms with Crippen LogP contribution >= 0.6 is 11.3 Å².